The van der Waals surface area contributed by atoms with E-state index in [2.05, 4.69) is 69.1 Å². The number of fused-ring (bicyclic) bond motifs is 1. The molecule has 2 aliphatic heterocycles. The Morgan fingerprint density at radius 2 is 1.85 bits per heavy atom. The van der Waals surface area contributed by atoms with E-state index in [4.69, 9.17) is 9.16 Å². The zero-order valence-corrected chi connectivity index (χ0v) is 26.4. The second kappa shape index (κ2) is 11.6. The molecule has 0 N–H and O–H groups in total. The van der Waals surface area contributed by atoms with Crippen LogP contribution in [0.1, 0.15) is 55.7 Å². The second-order valence-corrected chi connectivity index (χ2v) is 19.0. The lowest BCUT2D eigenvalue weighted by atomic mass is 9.88. The SMILES string of the molecule is CC(C)(C)[Si](C)(C)OCCc1cccc(CN2CCC3(CC2)CN(C=O)CC(c2cc4ccccc4s2)O3)c1F. The molecule has 2 aliphatic rings. The molecule has 5 rings (SSSR count). The Morgan fingerprint density at radius 1 is 1.12 bits per heavy atom. The fourth-order valence-corrected chi connectivity index (χ4v) is 7.76. The van der Waals surface area contributed by atoms with Gasteiger partial charge in [-0.3, -0.25) is 9.69 Å². The number of rotatable bonds is 8. The predicted octanol–water partition coefficient (Wildman–Crippen LogP) is 7.17. The van der Waals surface area contributed by atoms with Crippen molar-refractivity contribution >= 4 is 36.2 Å². The van der Waals surface area contributed by atoms with E-state index in [1.807, 2.05) is 23.1 Å². The Hall–Kier alpha value is -2.10. The molecule has 1 unspecified atom stereocenters. The van der Waals surface area contributed by atoms with E-state index in [-0.39, 0.29) is 22.6 Å². The molecule has 0 aliphatic carbocycles. The lowest BCUT2D eigenvalue weighted by Crippen LogP contribution is -2.57. The van der Waals surface area contributed by atoms with Gasteiger partial charge in [-0.2, -0.15) is 0 Å². The van der Waals surface area contributed by atoms with Crippen LogP contribution >= 0.6 is 11.3 Å². The topological polar surface area (TPSA) is 42.0 Å². The van der Waals surface area contributed by atoms with Crippen molar-refractivity contribution in [2.45, 2.75) is 76.4 Å². The number of hydrogen-bond acceptors (Lipinski definition) is 5. The fraction of sp³-hybridized carbons (Fsp3) is 0.531. The number of benzene rings is 2. The van der Waals surface area contributed by atoms with Crippen molar-refractivity contribution in [3.63, 3.8) is 0 Å². The molecule has 3 aromatic rings. The first-order valence-electron chi connectivity index (χ1n) is 14.5. The van der Waals surface area contributed by atoms with Crippen LogP contribution in [0.2, 0.25) is 18.1 Å². The van der Waals surface area contributed by atoms with Gasteiger partial charge in [0.2, 0.25) is 6.41 Å². The number of piperidine rings is 1. The number of hydrogen-bond donors (Lipinski definition) is 0. The first-order chi connectivity index (χ1) is 19.0. The van der Waals surface area contributed by atoms with Crippen molar-refractivity contribution in [1.29, 1.82) is 0 Å². The summed E-state index contributed by atoms with van der Waals surface area (Å²) >= 11 is 1.75. The highest BCUT2D eigenvalue weighted by Gasteiger charge is 2.43. The standard InChI is InChI=1S/C32H43FN2O3SSi/c1-31(2,3)40(4,5)37-18-13-24-10-8-11-26(30(24)33)20-34-16-14-32(15-17-34)22-35(23-36)21-27(38-32)29-19-25-9-6-7-12-28(25)39-29/h6-12,19,23,27H,13-18,20-22H2,1-5H3. The van der Waals surface area contributed by atoms with Gasteiger partial charge in [-0.1, -0.05) is 57.2 Å². The van der Waals surface area contributed by atoms with Crippen LogP contribution in [-0.2, 0) is 26.9 Å². The second-order valence-electron chi connectivity index (χ2n) is 13.0. The number of halogens is 1. The molecule has 8 heteroatoms. The summed E-state index contributed by atoms with van der Waals surface area (Å²) in [6, 6.07) is 16.3. The van der Waals surface area contributed by atoms with Gasteiger partial charge in [0.05, 0.1) is 12.1 Å². The zero-order chi connectivity index (χ0) is 28.5. The molecular formula is C32H43FN2O3SSi. The zero-order valence-electron chi connectivity index (χ0n) is 24.5. The van der Waals surface area contributed by atoms with Crippen LogP contribution in [0, 0.1) is 5.82 Å². The smallest absolute Gasteiger partial charge is 0.209 e. The molecule has 1 atom stereocenters. The molecule has 2 saturated heterocycles. The fourth-order valence-electron chi connectivity index (χ4n) is 5.63. The largest absolute Gasteiger partial charge is 0.416 e. The normalized spacial score (nSPS) is 20.4. The highest BCUT2D eigenvalue weighted by molar-refractivity contribution is 7.19. The van der Waals surface area contributed by atoms with Gasteiger partial charge in [-0.15, -0.1) is 11.3 Å². The van der Waals surface area contributed by atoms with Gasteiger partial charge in [0.15, 0.2) is 8.32 Å². The summed E-state index contributed by atoms with van der Waals surface area (Å²) in [5.41, 5.74) is 1.11. The van der Waals surface area contributed by atoms with Gasteiger partial charge in [0.25, 0.3) is 0 Å². The molecule has 1 spiro atoms. The third-order valence-corrected chi connectivity index (χ3v) is 14.9. The molecule has 5 nitrogen and oxygen atoms in total. The van der Waals surface area contributed by atoms with Crippen LogP contribution in [0.5, 0.6) is 0 Å². The number of morpholine rings is 1. The van der Waals surface area contributed by atoms with E-state index in [9.17, 15) is 4.79 Å². The lowest BCUT2D eigenvalue weighted by molar-refractivity contribution is -0.179. The van der Waals surface area contributed by atoms with Crippen LogP contribution in [0.25, 0.3) is 10.1 Å². The number of carbonyl (C=O) groups excluding carboxylic acids is 1. The molecule has 1 aromatic heterocycles. The van der Waals surface area contributed by atoms with Gasteiger partial charge in [-0.05, 0) is 60.5 Å². The molecule has 0 radical (unpaired) electrons. The maximum absolute atomic E-state index is 15.5. The Morgan fingerprint density at radius 3 is 2.55 bits per heavy atom. The number of likely N-dealkylation sites (tertiary alicyclic amines) is 1. The molecule has 3 heterocycles. The molecule has 0 bridgehead atoms. The number of thiophene rings is 1. The van der Waals surface area contributed by atoms with E-state index in [0.29, 0.717) is 32.7 Å². The Kier molecular flexibility index (Phi) is 8.56. The van der Waals surface area contributed by atoms with Crippen molar-refractivity contribution < 1.29 is 18.3 Å². The minimum Gasteiger partial charge on any atom is -0.416 e. The van der Waals surface area contributed by atoms with Gasteiger partial charge in [-0.25, -0.2) is 4.39 Å². The molecule has 40 heavy (non-hydrogen) atoms. The van der Waals surface area contributed by atoms with Crippen molar-refractivity contribution in [3.8, 4) is 0 Å². The van der Waals surface area contributed by atoms with Crippen LogP contribution in [-0.4, -0.2) is 62.9 Å². The minimum atomic E-state index is -1.85. The van der Waals surface area contributed by atoms with Crippen LogP contribution in [0.15, 0.2) is 48.5 Å². The highest BCUT2D eigenvalue weighted by Crippen LogP contribution is 2.41. The third kappa shape index (κ3) is 6.36. The number of carbonyl (C=O) groups is 1. The summed E-state index contributed by atoms with van der Waals surface area (Å²) in [6.07, 6.45) is 3.07. The van der Waals surface area contributed by atoms with Crippen LogP contribution in [0.4, 0.5) is 4.39 Å². The Bertz CT molecular complexity index is 1300. The quantitative estimate of drug-likeness (QED) is 0.209. The first-order valence-corrected chi connectivity index (χ1v) is 18.2. The van der Waals surface area contributed by atoms with E-state index >= 15 is 4.39 Å². The third-order valence-electron chi connectivity index (χ3n) is 9.16. The van der Waals surface area contributed by atoms with Gasteiger partial charge >= 0.3 is 0 Å². The van der Waals surface area contributed by atoms with E-state index < -0.39 is 8.32 Å². The average Bonchev–Trinajstić information content (AvgIpc) is 3.36. The number of nitrogens with zero attached hydrogens (tertiary/aromatic N) is 2. The first kappa shape index (κ1) is 29.4. The molecule has 2 fully saturated rings. The highest BCUT2D eigenvalue weighted by atomic mass is 32.1. The van der Waals surface area contributed by atoms with E-state index in [1.165, 1.54) is 15.0 Å². The molecule has 216 valence electrons. The van der Waals surface area contributed by atoms with Crippen LogP contribution < -0.4 is 0 Å². The van der Waals surface area contributed by atoms with Crippen molar-refractivity contribution in [2.75, 3.05) is 32.8 Å². The average molecular weight is 583 g/mol. The summed E-state index contributed by atoms with van der Waals surface area (Å²) in [5, 5.41) is 1.36. The van der Waals surface area contributed by atoms with E-state index in [0.717, 1.165) is 43.5 Å². The van der Waals surface area contributed by atoms with Crippen molar-refractivity contribution in [3.05, 3.63) is 70.4 Å². The summed E-state index contributed by atoms with van der Waals surface area (Å²) in [4.78, 5) is 17.3. The monoisotopic (exact) mass is 582 g/mol. The maximum atomic E-state index is 15.5. The summed E-state index contributed by atoms with van der Waals surface area (Å²) in [5.74, 6) is -0.104. The summed E-state index contributed by atoms with van der Waals surface area (Å²) in [6.45, 7) is 15.1. The molecular weight excluding hydrogens is 540 g/mol. The van der Waals surface area contributed by atoms with Crippen molar-refractivity contribution in [2.24, 2.45) is 0 Å². The van der Waals surface area contributed by atoms with Gasteiger partial charge in [0.1, 0.15) is 11.9 Å². The molecule has 0 saturated carbocycles. The molecule has 1 amide bonds. The Balaban J connectivity index is 1.21. The summed E-state index contributed by atoms with van der Waals surface area (Å²) < 4.78 is 29.9. The summed E-state index contributed by atoms with van der Waals surface area (Å²) in [7, 11) is -1.85. The van der Waals surface area contributed by atoms with E-state index in [1.54, 1.807) is 11.3 Å². The van der Waals surface area contributed by atoms with Gasteiger partial charge < -0.3 is 14.1 Å². The number of amides is 1. The lowest BCUT2D eigenvalue weighted by Gasteiger charge is -2.49. The van der Waals surface area contributed by atoms with Crippen molar-refractivity contribution in [1.82, 2.24) is 9.80 Å². The molecule has 2 aromatic carbocycles. The Labute approximate surface area is 243 Å². The van der Waals surface area contributed by atoms with Gasteiger partial charge in [0, 0.05) is 47.9 Å². The maximum Gasteiger partial charge on any atom is 0.209 e. The minimum absolute atomic E-state index is 0.104. The van der Waals surface area contributed by atoms with Crippen LogP contribution in [0.3, 0.4) is 0 Å². The number of ether oxygens (including phenoxy) is 1. The predicted molar refractivity (Wildman–Crippen MR) is 164 cm³/mol.